The van der Waals surface area contributed by atoms with E-state index in [1.54, 1.807) is 17.8 Å². The normalized spacial score (nSPS) is 19.7. The fourth-order valence-corrected chi connectivity index (χ4v) is 2.90. The van der Waals surface area contributed by atoms with Gasteiger partial charge in [0.1, 0.15) is 5.82 Å². The molecule has 1 aromatic rings. The maximum absolute atomic E-state index is 13.8. The summed E-state index contributed by atoms with van der Waals surface area (Å²) in [5, 5.41) is 0. The fourth-order valence-electron chi connectivity index (χ4n) is 2.46. The molecule has 0 unspecified atom stereocenters. The quantitative estimate of drug-likeness (QED) is 0.797. The Kier molecular flexibility index (Phi) is 3.55. The summed E-state index contributed by atoms with van der Waals surface area (Å²) in [6, 6.07) is 5.28. The van der Waals surface area contributed by atoms with Crippen molar-refractivity contribution in [2.24, 2.45) is 5.73 Å². The van der Waals surface area contributed by atoms with Gasteiger partial charge in [0.15, 0.2) is 0 Å². The molecule has 88 valence electrons. The Balaban J connectivity index is 2.37. The molecule has 1 aliphatic rings. The highest BCUT2D eigenvalue weighted by Crippen LogP contribution is 2.37. The zero-order valence-corrected chi connectivity index (χ0v) is 10.4. The van der Waals surface area contributed by atoms with Crippen molar-refractivity contribution in [3.05, 3.63) is 29.6 Å². The van der Waals surface area contributed by atoms with Crippen molar-refractivity contribution in [3.8, 4) is 0 Å². The predicted molar refractivity (Wildman–Crippen MR) is 67.1 cm³/mol. The van der Waals surface area contributed by atoms with E-state index in [1.807, 2.05) is 18.4 Å². The maximum atomic E-state index is 13.8. The molecule has 1 aliphatic carbocycles. The zero-order valence-electron chi connectivity index (χ0n) is 9.63. The van der Waals surface area contributed by atoms with Gasteiger partial charge in [-0.25, -0.2) is 4.39 Å². The molecule has 0 heterocycles. The first-order valence-electron chi connectivity index (χ1n) is 5.79. The standard InChI is InChI=1S/C13H18FNS/c1-16-10-5-6-12(14)11(9-10)13(15)7-3-2-4-8-13/h5-6,9H,2-4,7-8,15H2,1H3. The Hall–Kier alpha value is -0.540. The molecule has 0 saturated heterocycles. The van der Waals surface area contributed by atoms with Crippen molar-refractivity contribution >= 4 is 11.8 Å². The van der Waals surface area contributed by atoms with Gasteiger partial charge in [-0.2, -0.15) is 0 Å². The topological polar surface area (TPSA) is 26.0 Å². The third-order valence-corrected chi connectivity index (χ3v) is 4.18. The molecule has 0 amide bonds. The van der Waals surface area contributed by atoms with Gasteiger partial charge < -0.3 is 5.73 Å². The molecule has 1 nitrogen and oxygen atoms in total. The van der Waals surface area contributed by atoms with Crippen LogP contribution in [0.2, 0.25) is 0 Å². The minimum absolute atomic E-state index is 0.151. The van der Waals surface area contributed by atoms with Crippen LogP contribution < -0.4 is 5.73 Å². The molecule has 0 spiro atoms. The first-order chi connectivity index (χ1) is 7.65. The van der Waals surface area contributed by atoms with Gasteiger partial charge in [-0.3, -0.25) is 0 Å². The Labute approximate surface area is 101 Å². The first kappa shape index (κ1) is 11.9. The van der Waals surface area contributed by atoms with Crippen LogP contribution in [0.1, 0.15) is 37.7 Å². The molecule has 2 N–H and O–H groups in total. The Morgan fingerprint density at radius 3 is 2.56 bits per heavy atom. The van der Waals surface area contributed by atoms with E-state index >= 15 is 0 Å². The SMILES string of the molecule is CSc1ccc(F)c(C2(N)CCCCC2)c1. The average Bonchev–Trinajstić information content (AvgIpc) is 2.30. The van der Waals surface area contributed by atoms with Gasteiger partial charge in [0, 0.05) is 16.0 Å². The lowest BCUT2D eigenvalue weighted by Crippen LogP contribution is -2.39. The van der Waals surface area contributed by atoms with Crippen LogP contribution >= 0.6 is 11.8 Å². The summed E-state index contributed by atoms with van der Waals surface area (Å²) in [5.41, 5.74) is 6.63. The number of nitrogens with two attached hydrogens (primary N) is 1. The van der Waals surface area contributed by atoms with Crippen LogP contribution in [0.5, 0.6) is 0 Å². The second kappa shape index (κ2) is 4.76. The molecule has 0 radical (unpaired) electrons. The number of thioether (sulfide) groups is 1. The number of hydrogen-bond donors (Lipinski definition) is 1. The van der Waals surface area contributed by atoms with Crippen LogP contribution in [0.4, 0.5) is 4.39 Å². The van der Waals surface area contributed by atoms with Gasteiger partial charge >= 0.3 is 0 Å². The van der Waals surface area contributed by atoms with Crippen LogP contribution in [0, 0.1) is 5.82 Å². The van der Waals surface area contributed by atoms with Crippen molar-refractivity contribution < 1.29 is 4.39 Å². The summed E-state index contributed by atoms with van der Waals surface area (Å²) in [6.45, 7) is 0. The maximum Gasteiger partial charge on any atom is 0.128 e. The first-order valence-corrected chi connectivity index (χ1v) is 7.01. The van der Waals surface area contributed by atoms with E-state index in [0.29, 0.717) is 5.56 Å². The summed E-state index contributed by atoms with van der Waals surface area (Å²) in [6.07, 6.45) is 7.26. The van der Waals surface area contributed by atoms with Crippen LogP contribution in [0.3, 0.4) is 0 Å². The molecular formula is C13H18FNS. The van der Waals surface area contributed by atoms with Gasteiger partial charge in [0.05, 0.1) is 0 Å². The molecule has 3 heteroatoms. The summed E-state index contributed by atoms with van der Waals surface area (Å²) < 4.78 is 13.8. The molecule has 1 saturated carbocycles. The molecule has 0 atom stereocenters. The lowest BCUT2D eigenvalue weighted by molar-refractivity contribution is 0.292. The van der Waals surface area contributed by atoms with E-state index < -0.39 is 5.54 Å². The third-order valence-electron chi connectivity index (χ3n) is 3.46. The highest BCUT2D eigenvalue weighted by atomic mass is 32.2. The van der Waals surface area contributed by atoms with E-state index in [-0.39, 0.29) is 5.82 Å². The minimum atomic E-state index is -0.436. The molecule has 16 heavy (non-hydrogen) atoms. The zero-order chi connectivity index (χ0) is 11.6. The second-order valence-corrected chi connectivity index (χ2v) is 5.44. The summed E-state index contributed by atoms with van der Waals surface area (Å²) in [7, 11) is 0. The van der Waals surface area contributed by atoms with Crippen molar-refractivity contribution in [3.63, 3.8) is 0 Å². The van der Waals surface area contributed by atoms with Crippen molar-refractivity contribution in [2.75, 3.05) is 6.26 Å². The van der Waals surface area contributed by atoms with Crippen LogP contribution in [-0.4, -0.2) is 6.26 Å². The Morgan fingerprint density at radius 2 is 1.94 bits per heavy atom. The molecule has 2 rings (SSSR count). The lowest BCUT2D eigenvalue weighted by atomic mass is 9.77. The fraction of sp³-hybridized carbons (Fsp3) is 0.538. The van der Waals surface area contributed by atoms with E-state index in [9.17, 15) is 4.39 Å². The minimum Gasteiger partial charge on any atom is -0.321 e. The summed E-state index contributed by atoms with van der Waals surface area (Å²) in [5.74, 6) is -0.151. The molecule has 1 fully saturated rings. The summed E-state index contributed by atoms with van der Waals surface area (Å²) >= 11 is 1.63. The molecule has 0 aliphatic heterocycles. The van der Waals surface area contributed by atoms with Crippen LogP contribution in [-0.2, 0) is 5.54 Å². The molecular weight excluding hydrogens is 221 g/mol. The lowest BCUT2D eigenvalue weighted by Gasteiger charge is -2.34. The number of benzene rings is 1. The molecule has 1 aromatic carbocycles. The number of hydrogen-bond acceptors (Lipinski definition) is 2. The summed E-state index contributed by atoms with van der Waals surface area (Å²) in [4.78, 5) is 1.09. The highest BCUT2D eigenvalue weighted by Gasteiger charge is 2.31. The van der Waals surface area contributed by atoms with E-state index in [1.165, 1.54) is 6.42 Å². The molecule has 0 aromatic heterocycles. The Bertz CT molecular complexity index is 372. The third kappa shape index (κ3) is 2.25. The van der Waals surface area contributed by atoms with Gasteiger partial charge in [0.2, 0.25) is 0 Å². The monoisotopic (exact) mass is 239 g/mol. The van der Waals surface area contributed by atoms with Gasteiger partial charge in [-0.15, -0.1) is 11.8 Å². The van der Waals surface area contributed by atoms with Crippen LogP contribution in [0.25, 0.3) is 0 Å². The second-order valence-electron chi connectivity index (χ2n) is 4.56. The van der Waals surface area contributed by atoms with E-state index in [2.05, 4.69) is 0 Å². The van der Waals surface area contributed by atoms with Crippen molar-refractivity contribution in [1.29, 1.82) is 0 Å². The largest absolute Gasteiger partial charge is 0.321 e. The highest BCUT2D eigenvalue weighted by molar-refractivity contribution is 7.98. The molecule has 0 bridgehead atoms. The van der Waals surface area contributed by atoms with E-state index in [4.69, 9.17) is 5.73 Å². The number of halogens is 1. The van der Waals surface area contributed by atoms with Crippen molar-refractivity contribution in [1.82, 2.24) is 0 Å². The van der Waals surface area contributed by atoms with E-state index in [0.717, 1.165) is 30.6 Å². The Morgan fingerprint density at radius 1 is 1.25 bits per heavy atom. The van der Waals surface area contributed by atoms with Gasteiger partial charge in [-0.1, -0.05) is 19.3 Å². The number of rotatable bonds is 2. The average molecular weight is 239 g/mol. The predicted octanol–water partition coefficient (Wildman–Crippen LogP) is 3.67. The van der Waals surface area contributed by atoms with Crippen LogP contribution in [0.15, 0.2) is 23.1 Å². The van der Waals surface area contributed by atoms with Gasteiger partial charge in [-0.05, 0) is 37.3 Å². The van der Waals surface area contributed by atoms with Crippen molar-refractivity contribution in [2.45, 2.75) is 42.5 Å². The smallest absolute Gasteiger partial charge is 0.128 e. The van der Waals surface area contributed by atoms with Gasteiger partial charge in [0.25, 0.3) is 0 Å².